The summed E-state index contributed by atoms with van der Waals surface area (Å²) in [5, 5.41) is 3.20. The summed E-state index contributed by atoms with van der Waals surface area (Å²) >= 11 is 5.24. The van der Waals surface area contributed by atoms with Gasteiger partial charge in [0.15, 0.2) is 0 Å². The van der Waals surface area contributed by atoms with Crippen molar-refractivity contribution in [2.24, 2.45) is 11.1 Å². The molecule has 0 spiro atoms. The van der Waals surface area contributed by atoms with E-state index < -0.39 is 5.54 Å². The Morgan fingerprint density at radius 2 is 1.74 bits per heavy atom. The predicted molar refractivity (Wildman–Crippen MR) is 81.0 cm³/mol. The molecule has 5 heteroatoms. The van der Waals surface area contributed by atoms with Crippen molar-refractivity contribution in [3.05, 3.63) is 0 Å². The topological polar surface area (TPSA) is 58.4 Å². The van der Waals surface area contributed by atoms with Gasteiger partial charge in [0.05, 0.1) is 10.5 Å². The van der Waals surface area contributed by atoms with Gasteiger partial charge in [-0.2, -0.15) is 0 Å². The molecule has 1 aliphatic heterocycles. The Morgan fingerprint density at radius 1 is 1.21 bits per heavy atom. The SMILES string of the molecule is CN1CCC(NC(=O)C2(C)CCCC2)(C(N)=S)CC1. The minimum absolute atomic E-state index is 0.141. The van der Waals surface area contributed by atoms with Crippen LogP contribution in [0.2, 0.25) is 0 Å². The predicted octanol–water partition coefficient (Wildman–Crippen LogP) is 1.43. The zero-order valence-corrected chi connectivity index (χ0v) is 12.8. The van der Waals surface area contributed by atoms with E-state index in [0.717, 1.165) is 51.6 Å². The van der Waals surface area contributed by atoms with Crippen LogP contribution < -0.4 is 11.1 Å². The van der Waals surface area contributed by atoms with E-state index in [0.29, 0.717) is 4.99 Å². The summed E-state index contributed by atoms with van der Waals surface area (Å²) in [6.07, 6.45) is 5.89. The smallest absolute Gasteiger partial charge is 0.226 e. The molecule has 108 valence electrons. The lowest BCUT2D eigenvalue weighted by atomic mass is 9.83. The van der Waals surface area contributed by atoms with Crippen LogP contribution in [0, 0.1) is 5.41 Å². The Kier molecular flexibility index (Phi) is 4.16. The molecule has 0 atom stereocenters. The Balaban J connectivity index is 2.09. The molecule has 0 unspecified atom stereocenters. The van der Waals surface area contributed by atoms with Crippen LogP contribution in [0.15, 0.2) is 0 Å². The van der Waals surface area contributed by atoms with Crippen molar-refractivity contribution in [1.82, 2.24) is 10.2 Å². The van der Waals surface area contributed by atoms with Crippen molar-refractivity contribution >= 4 is 23.1 Å². The van der Waals surface area contributed by atoms with E-state index in [2.05, 4.69) is 24.2 Å². The fraction of sp³-hybridized carbons (Fsp3) is 0.857. The molecule has 2 fully saturated rings. The lowest BCUT2D eigenvalue weighted by Gasteiger charge is -2.42. The summed E-state index contributed by atoms with van der Waals surface area (Å²) in [4.78, 5) is 15.3. The summed E-state index contributed by atoms with van der Waals surface area (Å²) in [5.41, 5.74) is 5.25. The van der Waals surface area contributed by atoms with Crippen molar-refractivity contribution in [1.29, 1.82) is 0 Å². The average molecular weight is 283 g/mol. The maximum Gasteiger partial charge on any atom is 0.226 e. The Hall–Kier alpha value is -0.680. The molecule has 3 N–H and O–H groups in total. The second-order valence-electron chi connectivity index (χ2n) is 6.47. The summed E-state index contributed by atoms with van der Waals surface area (Å²) in [5.74, 6) is 0.141. The van der Waals surface area contributed by atoms with Gasteiger partial charge in [-0.15, -0.1) is 0 Å². The van der Waals surface area contributed by atoms with E-state index in [1.165, 1.54) is 0 Å². The lowest BCUT2D eigenvalue weighted by molar-refractivity contribution is -0.131. The number of thiocarbonyl (C=S) groups is 1. The Morgan fingerprint density at radius 3 is 2.21 bits per heavy atom. The zero-order chi connectivity index (χ0) is 14.1. The summed E-state index contributed by atoms with van der Waals surface area (Å²) in [6.45, 7) is 3.92. The van der Waals surface area contributed by atoms with Crippen molar-refractivity contribution in [2.45, 2.75) is 51.0 Å². The number of nitrogens with one attached hydrogen (secondary N) is 1. The van der Waals surface area contributed by atoms with E-state index in [-0.39, 0.29) is 11.3 Å². The van der Waals surface area contributed by atoms with E-state index in [1.807, 2.05) is 0 Å². The van der Waals surface area contributed by atoms with Crippen LogP contribution >= 0.6 is 12.2 Å². The molecule has 0 aromatic rings. The maximum absolute atomic E-state index is 12.6. The number of rotatable bonds is 3. The largest absolute Gasteiger partial charge is 0.391 e. The first-order chi connectivity index (χ1) is 8.88. The standard InChI is InChI=1S/C14H25N3OS/c1-13(5-3-4-6-13)12(18)16-14(11(15)19)7-9-17(2)10-8-14/h3-10H2,1-2H3,(H2,15,19)(H,16,18). The molecule has 2 rings (SSSR count). The van der Waals surface area contributed by atoms with Gasteiger partial charge >= 0.3 is 0 Å². The highest BCUT2D eigenvalue weighted by molar-refractivity contribution is 7.80. The number of hydrogen-bond donors (Lipinski definition) is 2. The van der Waals surface area contributed by atoms with Crippen LogP contribution in [0.3, 0.4) is 0 Å². The molecular weight excluding hydrogens is 258 g/mol. The van der Waals surface area contributed by atoms with Crippen LogP contribution in [0.25, 0.3) is 0 Å². The molecule has 2 aliphatic rings. The molecule has 1 heterocycles. The van der Waals surface area contributed by atoms with Gasteiger partial charge in [-0.05, 0) is 32.7 Å². The number of piperidine rings is 1. The van der Waals surface area contributed by atoms with Gasteiger partial charge in [0.25, 0.3) is 0 Å². The third-order valence-corrected chi connectivity index (χ3v) is 5.31. The monoisotopic (exact) mass is 283 g/mol. The van der Waals surface area contributed by atoms with Gasteiger partial charge < -0.3 is 16.0 Å². The van der Waals surface area contributed by atoms with E-state index in [9.17, 15) is 4.79 Å². The van der Waals surface area contributed by atoms with Crippen LogP contribution in [0.1, 0.15) is 45.4 Å². The number of likely N-dealkylation sites (tertiary alicyclic amines) is 1. The molecule has 1 saturated heterocycles. The van der Waals surface area contributed by atoms with Crippen LogP contribution in [-0.2, 0) is 4.79 Å². The fourth-order valence-corrected chi connectivity index (χ4v) is 3.44. The number of nitrogens with zero attached hydrogens (tertiary/aromatic N) is 1. The quantitative estimate of drug-likeness (QED) is 0.769. The molecule has 1 amide bonds. The number of hydrogen-bond acceptors (Lipinski definition) is 3. The van der Waals surface area contributed by atoms with Crippen LogP contribution in [-0.4, -0.2) is 41.5 Å². The molecule has 1 saturated carbocycles. The van der Waals surface area contributed by atoms with E-state index in [1.54, 1.807) is 0 Å². The third-order valence-electron chi connectivity index (χ3n) is 4.92. The normalized spacial score (nSPS) is 26.0. The maximum atomic E-state index is 12.6. The summed E-state index contributed by atoms with van der Waals surface area (Å²) in [7, 11) is 2.09. The lowest BCUT2D eigenvalue weighted by Crippen LogP contribution is -2.63. The van der Waals surface area contributed by atoms with Gasteiger partial charge in [-0.3, -0.25) is 4.79 Å². The van der Waals surface area contributed by atoms with Gasteiger partial charge in [-0.25, -0.2) is 0 Å². The summed E-state index contributed by atoms with van der Waals surface area (Å²) in [6, 6.07) is 0. The Bertz CT molecular complexity index is 369. The van der Waals surface area contributed by atoms with Crippen LogP contribution in [0.4, 0.5) is 0 Å². The third kappa shape index (κ3) is 2.92. The molecule has 4 nitrogen and oxygen atoms in total. The first-order valence-electron chi connectivity index (χ1n) is 7.19. The summed E-state index contributed by atoms with van der Waals surface area (Å²) < 4.78 is 0. The molecule has 1 aliphatic carbocycles. The molecule has 0 bridgehead atoms. The van der Waals surface area contributed by atoms with E-state index >= 15 is 0 Å². The first-order valence-corrected chi connectivity index (χ1v) is 7.60. The molecule has 0 aromatic heterocycles. The van der Waals surface area contributed by atoms with Crippen molar-refractivity contribution in [3.63, 3.8) is 0 Å². The Labute approximate surface area is 121 Å². The highest BCUT2D eigenvalue weighted by atomic mass is 32.1. The van der Waals surface area contributed by atoms with Crippen LogP contribution in [0.5, 0.6) is 0 Å². The van der Waals surface area contributed by atoms with Gasteiger partial charge in [0.1, 0.15) is 0 Å². The highest BCUT2D eigenvalue weighted by Crippen LogP contribution is 2.38. The molecule has 19 heavy (non-hydrogen) atoms. The molecule has 0 radical (unpaired) electrons. The number of carbonyl (C=O) groups is 1. The number of amides is 1. The second kappa shape index (κ2) is 5.37. The van der Waals surface area contributed by atoms with Crippen molar-refractivity contribution in [3.8, 4) is 0 Å². The minimum atomic E-state index is -0.468. The second-order valence-corrected chi connectivity index (χ2v) is 6.91. The van der Waals surface area contributed by atoms with Crippen molar-refractivity contribution < 1.29 is 4.79 Å². The fourth-order valence-electron chi connectivity index (χ4n) is 3.18. The van der Waals surface area contributed by atoms with E-state index in [4.69, 9.17) is 18.0 Å². The molecular formula is C14H25N3OS. The van der Waals surface area contributed by atoms with Gasteiger partial charge in [0, 0.05) is 18.5 Å². The number of nitrogens with two attached hydrogens (primary N) is 1. The zero-order valence-electron chi connectivity index (χ0n) is 12.0. The van der Waals surface area contributed by atoms with Gasteiger partial charge in [0.2, 0.25) is 5.91 Å². The first kappa shape index (κ1) is 14.7. The number of carbonyl (C=O) groups excluding carboxylic acids is 1. The average Bonchev–Trinajstić information content (AvgIpc) is 2.80. The highest BCUT2D eigenvalue weighted by Gasteiger charge is 2.43. The van der Waals surface area contributed by atoms with Crippen molar-refractivity contribution in [2.75, 3.05) is 20.1 Å². The molecule has 0 aromatic carbocycles. The minimum Gasteiger partial charge on any atom is -0.391 e. The van der Waals surface area contributed by atoms with Gasteiger partial charge in [-0.1, -0.05) is 32.0 Å².